The Hall–Kier alpha value is -1.84. The van der Waals surface area contributed by atoms with Crippen molar-refractivity contribution in [1.82, 2.24) is 0 Å². The molecule has 4 aliphatic rings. The van der Waals surface area contributed by atoms with Gasteiger partial charge in [-0.25, -0.2) is 4.79 Å². The second-order valence-electron chi connectivity index (χ2n) is 11.8. The number of rotatable bonds is 0. The summed E-state index contributed by atoms with van der Waals surface area (Å²) in [5.41, 5.74) is 1.84. The standard InChI is InChI=1S/C27H36O4/c1-15-8-9-20-25(6)12-11-21(28)24(4,5)19(25)10-13-26(20,7)27(15)14-18-22(31-27)16(2)17(3)30-23(18)29/h8,19-20H,9-14H2,1-7H3/t19-,20+,25-,26+,27-/m1/s1. The molecule has 5 rings (SSSR count). The van der Waals surface area contributed by atoms with Crippen molar-refractivity contribution in [2.75, 3.05) is 0 Å². The van der Waals surface area contributed by atoms with Gasteiger partial charge < -0.3 is 9.15 Å². The second kappa shape index (κ2) is 6.14. The molecule has 1 aromatic rings. The number of allylic oxidation sites excluding steroid dienone is 1. The topological polar surface area (TPSA) is 56.5 Å². The Morgan fingerprint density at radius 2 is 1.71 bits per heavy atom. The number of fused-ring (bicyclic) bond motifs is 5. The summed E-state index contributed by atoms with van der Waals surface area (Å²) < 4.78 is 12.5. The van der Waals surface area contributed by atoms with E-state index in [4.69, 9.17) is 9.15 Å². The predicted octanol–water partition coefficient (Wildman–Crippen LogP) is 5.71. The van der Waals surface area contributed by atoms with E-state index in [-0.39, 0.29) is 21.9 Å². The van der Waals surface area contributed by atoms with E-state index in [1.54, 1.807) is 0 Å². The van der Waals surface area contributed by atoms with Crippen LogP contribution >= 0.6 is 0 Å². The SMILES string of the molecule is CC1=CC[C@H]2[C@]3(C)CCC(=O)C(C)(C)[C@H]3CC[C@]2(C)[C@@]12Cc1c(c(C)c(C)oc1=O)O2. The van der Waals surface area contributed by atoms with Gasteiger partial charge in [0.2, 0.25) is 0 Å². The number of carbonyl (C=O) groups is 1. The Morgan fingerprint density at radius 3 is 2.42 bits per heavy atom. The van der Waals surface area contributed by atoms with E-state index in [1.807, 2.05) is 13.8 Å². The Labute approximate surface area is 185 Å². The molecule has 0 unspecified atom stereocenters. The quantitative estimate of drug-likeness (QED) is 0.501. The van der Waals surface area contributed by atoms with E-state index in [9.17, 15) is 9.59 Å². The van der Waals surface area contributed by atoms with Crippen LogP contribution in [0.15, 0.2) is 20.9 Å². The zero-order chi connectivity index (χ0) is 22.6. The lowest BCUT2D eigenvalue weighted by Gasteiger charge is -2.66. The fourth-order valence-corrected chi connectivity index (χ4v) is 8.32. The first kappa shape index (κ1) is 21.0. The summed E-state index contributed by atoms with van der Waals surface area (Å²) >= 11 is 0. The molecular formula is C27H36O4. The van der Waals surface area contributed by atoms with Crippen molar-refractivity contribution in [3.63, 3.8) is 0 Å². The zero-order valence-corrected chi connectivity index (χ0v) is 20.1. The molecule has 4 nitrogen and oxygen atoms in total. The maximum absolute atomic E-state index is 12.8. The third-order valence-electron chi connectivity index (χ3n) is 10.4. The molecule has 0 N–H and O–H groups in total. The van der Waals surface area contributed by atoms with Crippen LogP contribution in [0.1, 0.15) is 83.6 Å². The number of carbonyl (C=O) groups excluding carboxylic acids is 1. The third-order valence-corrected chi connectivity index (χ3v) is 10.4. The Balaban J connectivity index is 1.65. The van der Waals surface area contributed by atoms with Crippen molar-refractivity contribution < 1.29 is 13.9 Å². The Morgan fingerprint density at radius 1 is 1.00 bits per heavy atom. The van der Waals surface area contributed by atoms with Crippen LogP contribution in [-0.4, -0.2) is 11.4 Å². The van der Waals surface area contributed by atoms with Crippen molar-refractivity contribution in [1.29, 1.82) is 0 Å². The third kappa shape index (κ3) is 2.37. The number of hydrogen-bond acceptors (Lipinski definition) is 4. The molecule has 1 aliphatic heterocycles. The van der Waals surface area contributed by atoms with Gasteiger partial charge in [-0.1, -0.05) is 33.8 Å². The van der Waals surface area contributed by atoms with Crippen LogP contribution in [0.3, 0.4) is 0 Å². The summed E-state index contributed by atoms with van der Waals surface area (Å²) in [6, 6.07) is 0. The van der Waals surface area contributed by atoms with Gasteiger partial charge in [0.25, 0.3) is 0 Å². The first-order valence-corrected chi connectivity index (χ1v) is 11.9. The highest BCUT2D eigenvalue weighted by Gasteiger charge is 2.68. The molecular weight excluding hydrogens is 388 g/mol. The highest BCUT2D eigenvalue weighted by atomic mass is 16.5. The van der Waals surface area contributed by atoms with E-state index >= 15 is 0 Å². The molecule has 2 saturated carbocycles. The fraction of sp³-hybridized carbons (Fsp3) is 0.704. The minimum absolute atomic E-state index is 0.0857. The van der Waals surface area contributed by atoms with E-state index in [1.165, 1.54) is 5.57 Å². The van der Waals surface area contributed by atoms with Crippen molar-refractivity contribution >= 4 is 5.78 Å². The number of ether oxygens (including phenoxy) is 1. The molecule has 31 heavy (non-hydrogen) atoms. The largest absolute Gasteiger partial charge is 0.481 e. The normalized spacial score (nSPS) is 40.6. The van der Waals surface area contributed by atoms with Crippen LogP contribution in [0.4, 0.5) is 0 Å². The lowest BCUT2D eigenvalue weighted by atomic mass is 9.38. The smallest absolute Gasteiger partial charge is 0.343 e. The first-order chi connectivity index (χ1) is 14.4. The molecule has 0 radical (unpaired) electrons. The molecule has 0 aromatic carbocycles. The number of hydrogen-bond donors (Lipinski definition) is 0. The highest BCUT2D eigenvalue weighted by molar-refractivity contribution is 5.85. The molecule has 0 amide bonds. The van der Waals surface area contributed by atoms with Gasteiger partial charge in [-0.2, -0.15) is 0 Å². The number of ketones is 1. The minimum Gasteiger partial charge on any atom is -0.481 e. The Bertz CT molecular complexity index is 1080. The van der Waals surface area contributed by atoms with Gasteiger partial charge in [-0.3, -0.25) is 4.79 Å². The van der Waals surface area contributed by atoms with Gasteiger partial charge in [0, 0.05) is 29.2 Å². The molecule has 5 atom stereocenters. The fourth-order valence-electron chi connectivity index (χ4n) is 8.32. The van der Waals surface area contributed by atoms with Gasteiger partial charge in [-0.05, 0) is 69.3 Å². The van der Waals surface area contributed by atoms with Crippen molar-refractivity contribution in [3.05, 3.63) is 39.0 Å². The molecule has 3 aliphatic carbocycles. The van der Waals surface area contributed by atoms with Crippen LogP contribution in [0.2, 0.25) is 0 Å². The molecule has 2 fully saturated rings. The first-order valence-electron chi connectivity index (χ1n) is 11.9. The highest BCUT2D eigenvalue weighted by Crippen LogP contribution is 2.70. The molecule has 1 spiro atoms. The van der Waals surface area contributed by atoms with Crippen LogP contribution in [0.25, 0.3) is 0 Å². The van der Waals surface area contributed by atoms with E-state index in [0.717, 1.165) is 37.0 Å². The van der Waals surface area contributed by atoms with E-state index in [0.29, 0.717) is 41.8 Å². The Kier molecular flexibility index (Phi) is 4.17. The van der Waals surface area contributed by atoms with Gasteiger partial charge in [0.15, 0.2) is 0 Å². The molecule has 1 aromatic heterocycles. The van der Waals surface area contributed by atoms with Gasteiger partial charge in [-0.15, -0.1) is 0 Å². The summed E-state index contributed by atoms with van der Waals surface area (Å²) in [6.45, 7) is 15.2. The second-order valence-corrected chi connectivity index (χ2v) is 11.8. The van der Waals surface area contributed by atoms with E-state index < -0.39 is 5.60 Å². The summed E-state index contributed by atoms with van der Waals surface area (Å²) in [5, 5.41) is 0. The molecule has 0 saturated heterocycles. The molecule has 0 bridgehead atoms. The number of aryl methyl sites for hydroxylation is 1. The molecule has 2 heterocycles. The van der Waals surface area contributed by atoms with Gasteiger partial charge in [0.05, 0.1) is 5.56 Å². The summed E-state index contributed by atoms with van der Waals surface area (Å²) in [4.78, 5) is 25.6. The van der Waals surface area contributed by atoms with Crippen LogP contribution in [0, 0.1) is 41.9 Å². The van der Waals surface area contributed by atoms with Gasteiger partial charge in [0.1, 0.15) is 22.9 Å². The summed E-state index contributed by atoms with van der Waals surface area (Å²) in [5.74, 6) is 2.61. The van der Waals surface area contributed by atoms with Crippen molar-refractivity contribution in [2.24, 2.45) is 28.1 Å². The maximum atomic E-state index is 12.8. The van der Waals surface area contributed by atoms with Crippen LogP contribution in [-0.2, 0) is 11.2 Å². The maximum Gasteiger partial charge on any atom is 0.343 e. The van der Waals surface area contributed by atoms with Crippen LogP contribution < -0.4 is 10.4 Å². The van der Waals surface area contributed by atoms with Gasteiger partial charge >= 0.3 is 5.63 Å². The lowest BCUT2D eigenvalue weighted by Crippen LogP contribution is -2.66. The average molecular weight is 425 g/mol. The van der Waals surface area contributed by atoms with Crippen LogP contribution in [0.5, 0.6) is 5.75 Å². The lowest BCUT2D eigenvalue weighted by molar-refractivity contribution is -0.185. The number of Topliss-reactive ketones (excluding diaryl/α,β-unsaturated/α-hetero) is 1. The monoisotopic (exact) mass is 424 g/mol. The molecule has 4 heteroatoms. The predicted molar refractivity (Wildman–Crippen MR) is 120 cm³/mol. The summed E-state index contributed by atoms with van der Waals surface area (Å²) in [6.07, 6.45) is 7.64. The van der Waals surface area contributed by atoms with Crippen molar-refractivity contribution in [2.45, 2.75) is 92.6 Å². The van der Waals surface area contributed by atoms with Crippen molar-refractivity contribution in [3.8, 4) is 5.75 Å². The summed E-state index contributed by atoms with van der Waals surface area (Å²) in [7, 11) is 0. The average Bonchev–Trinajstić information content (AvgIpc) is 3.11. The molecule has 168 valence electrons. The zero-order valence-electron chi connectivity index (χ0n) is 20.1. The van der Waals surface area contributed by atoms with E-state index in [2.05, 4.69) is 40.7 Å². The minimum atomic E-state index is -0.509.